The zero-order chi connectivity index (χ0) is 27.4. The standard InChI is InChI=1S/C23H13F8N3O2S/c24-21(25)36-15-6-4-12(5-7-15)18-9-17(23(29,30)31)16(10-32)20(34-18)37-11-19(35)33-14-3-1-2-13(8-14)22(26,27)28/h1-9,21H,11H2,(H,33,35). The van der Waals surface area contributed by atoms with Gasteiger partial charge in [-0.05, 0) is 48.5 Å². The number of benzene rings is 2. The number of hydrogen-bond acceptors (Lipinski definition) is 5. The fourth-order valence-electron chi connectivity index (χ4n) is 3.02. The Bertz CT molecular complexity index is 1320. The number of rotatable bonds is 7. The monoisotopic (exact) mass is 547 g/mol. The fourth-order valence-corrected chi connectivity index (χ4v) is 3.82. The predicted molar refractivity (Wildman–Crippen MR) is 117 cm³/mol. The van der Waals surface area contributed by atoms with Gasteiger partial charge in [0.1, 0.15) is 16.8 Å². The Kier molecular flexibility index (Phi) is 8.27. The highest BCUT2D eigenvalue weighted by Gasteiger charge is 2.36. The highest BCUT2D eigenvalue weighted by molar-refractivity contribution is 8.00. The number of carbonyl (C=O) groups excluding carboxylic acids is 1. The van der Waals surface area contributed by atoms with Crippen LogP contribution in [-0.4, -0.2) is 23.3 Å². The third kappa shape index (κ3) is 7.32. The maximum Gasteiger partial charge on any atom is 0.417 e. The van der Waals surface area contributed by atoms with E-state index in [2.05, 4.69) is 15.0 Å². The molecule has 0 saturated heterocycles. The molecule has 0 aliphatic heterocycles. The molecule has 0 bridgehead atoms. The van der Waals surface area contributed by atoms with Gasteiger partial charge in [0.05, 0.1) is 28.1 Å². The lowest BCUT2D eigenvalue weighted by Crippen LogP contribution is -2.16. The van der Waals surface area contributed by atoms with Crippen LogP contribution < -0.4 is 10.1 Å². The number of ether oxygens (including phenoxy) is 1. The van der Waals surface area contributed by atoms with Crippen LogP contribution in [0.5, 0.6) is 5.75 Å². The number of nitrogens with zero attached hydrogens (tertiary/aromatic N) is 2. The van der Waals surface area contributed by atoms with Crippen molar-refractivity contribution in [1.29, 1.82) is 5.26 Å². The van der Waals surface area contributed by atoms with Crippen molar-refractivity contribution in [3.63, 3.8) is 0 Å². The quantitative estimate of drug-likeness (QED) is 0.255. The molecule has 1 N–H and O–H groups in total. The summed E-state index contributed by atoms with van der Waals surface area (Å²) in [7, 11) is 0. The summed E-state index contributed by atoms with van der Waals surface area (Å²) in [6.07, 6.45) is -9.63. The molecule has 194 valence electrons. The number of nitriles is 1. The lowest BCUT2D eigenvalue weighted by molar-refractivity contribution is -0.138. The van der Waals surface area contributed by atoms with Crippen molar-refractivity contribution < 1.29 is 44.7 Å². The van der Waals surface area contributed by atoms with E-state index < -0.39 is 52.3 Å². The molecule has 0 aliphatic rings. The maximum atomic E-state index is 13.7. The van der Waals surface area contributed by atoms with E-state index in [0.717, 1.165) is 24.3 Å². The normalized spacial score (nSPS) is 11.8. The number of pyridine rings is 1. The Balaban J connectivity index is 1.88. The molecule has 0 atom stereocenters. The predicted octanol–water partition coefficient (Wildman–Crippen LogP) is 6.99. The second-order valence-electron chi connectivity index (χ2n) is 7.16. The van der Waals surface area contributed by atoms with Gasteiger partial charge in [0, 0.05) is 11.3 Å². The molecule has 3 rings (SSSR count). The first-order valence-corrected chi connectivity index (χ1v) is 10.9. The minimum Gasteiger partial charge on any atom is -0.435 e. The summed E-state index contributed by atoms with van der Waals surface area (Å²) < 4.78 is 109. The van der Waals surface area contributed by atoms with Crippen molar-refractivity contribution in [1.82, 2.24) is 4.98 Å². The van der Waals surface area contributed by atoms with Gasteiger partial charge in [-0.25, -0.2) is 4.98 Å². The van der Waals surface area contributed by atoms with Crippen LogP contribution in [0, 0.1) is 11.3 Å². The zero-order valence-corrected chi connectivity index (χ0v) is 18.9. The molecule has 0 saturated carbocycles. The molecule has 14 heteroatoms. The first-order valence-electron chi connectivity index (χ1n) is 9.95. The van der Waals surface area contributed by atoms with E-state index in [-0.39, 0.29) is 22.7 Å². The number of halogens is 8. The third-order valence-corrected chi connectivity index (χ3v) is 5.57. The third-order valence-electron chi connectivity index (χ3n) is 4.59. The van der Waals surface area contributed by atoms with Crippen molar-refractivity contribution in [3.05, 3.63) is 71.3 Å². The fraction of sp³-hybridized carbons (Fsp3) is 0.174. The Morgan fingerprint density at radius 3 is 2.27 bits per heavy atom. The molecular formula is C23H13F8N3O2S. The molecule has 1 aromatic heterocycles. The van der Waals surface area contributed by atoms with Crippen molar-refractivity contribution in [2.24, 2.45) is 0 Å². The van der Waals surface area contributed by atoms with Gasteiger partial charge in [0.25, 0.3) is 0 Å². The van der Waals surface area contributed by atoms with E-state index in [0.29, 0.717) is 23.9 Å². The van der Waals surface area contributed by atoms with Gasteiger partial charge in [-0.15, -0.1) is 0 Å². The largest absolute Gasteiger partial charge is 0.435 e. The van der Waals surface area contributed by atoms with Gasteiger partial charge in [0.15, 0.2) is 0 Å². The Hall–Kier alpha value is -3.86. The Morgan fingerprint density at radius 2 is 1.70 bits per heavy atom. The lowest BCUT2D eigenvalue weighted by atomic mass is 10.1. The topological polar surface area (TPSA) is 75.0 Å². The van der Waals surface area contributed by atoms with Crippen molar-refractivity contribution >= 4 is 23.4 Å². The molecule has 1 amide bonds. The average molecular weight is 547 g/mol. The van der Waals surface area contributed by atoms with Crippen LogP contribution in [0.2, 0.25) is 0 Å². The molecule has 0 unspecified atom stereocenters. The first-order chi connectivity index (χ1) is 17.3. The molecule has 0 spiro atoms. The van der Waals surface area contributed by atoms with Crippen molar-refractivity contribution in [2.45, 2.75) is 24.0 Å². The molecule has 3 aromatic rings. The molecular weight excluding hydrogens is 534 g/mol. The van der Waals surface area contributed by atoms with E-state index in [1.54, 1.807) is 0 Å². The molecule has 0 radical (unpaired) electrons. The van der Waals surface area contributed by atoms with Gasteiger partial charge in [-0.1, -0.05) is 17.8 Å². The highest BCUT2D eigenvalue weighted by Crippen LogP contribution is 2.38. The van der Waals surface area contributed by atoms with E-state index in [1.165, 1.54) is 24.3 Å². The van der Waals surface area contributed by atoms with Crippen LogP contribution in [0.1, 0.15) is 16.7 Å². The summed E-state index contributed by atoms with van der Waals surface area (Å²) in [4.78, 5) is 16.3. The van der Waals surface area contributed by atoms with Gasteiger partial charge in [-0.2, -0.15) is 40.4 Å². The number of amides is 1. The summed E-state index contributed by atoms with van der Waals surface area (Å²) in [5.41, 5.74) is -3.59. The Labute approximate surface area is 208 Å². The minimum absolute atomic E-state index is 0.0758. The molecule has 5 nitrogen and oxygen atoms in total. The molecule has 37 heavy (non-hydrogen) atoms. The number of hydrogen-bond donors (Lipinski definition) is 1. The molecule has 0 aliphatic carbocycles. The summed E-state index contributed by atoms with van der Waals surface area (Å²) in [6, 6.07) is 10.3. The minimum atomic E-state index is -4.98. The summed E-state index contributed by atoms with van der Waals surface area (Å²) in [5, 5.41) is 11.1. The van der Waals surface area contributed by atoms with Crippen LogP contribution in [0.15, 0.2) is 59.6 Å². The second kappa shape index (κ2) is 11.0. The van der Waals surface area contributed by atoms with Crippen LogP contribution in [-0.2, 0) is 17.1 Å². The van der Waals surface area contributed by atoms with Crippen molar-refractivity contribution in [2.75, 3.05) is 11.1 Å². The van der Waals surface area contributed by atoms with Crippen LogP contribution in [0.3, 0.4) is 0 Å². The molecule has 0 fully saturated rings. The lowest BCUT2D eigenvalue weighted by Gasteiger charge is -2.15. The van der Waals surface area contributed by atoms with E-state index >= 15 is 0 Å². The van der Waals surface area contributed by atoms with Gasteiger partial charge >= 0.3 is 19.0 Å². The average Bonchev–Trinajstić information content (AvgIpc) is 2.81. The van der Waals surface area contributed by atoms with Crippen LogP contribution in [0.25, 0.3) is 11.3 Å². The first kappa shape index (κ1) is 27.7. The van der Waals surface area contributed by atoms with Crippen molar-refractivity contribution in [3.8, 4) is 23.1 Å². The molecule has 1 heterocycles. The van der Waals surface area contributed by atoms with E-state index in [9.17, 15) is 45.2 Å². The van der Waals surface area contributed by atoms with Crippen LogP contribution >= 0.6 is 11.8 Å². The zero-order valence-electron chi connectivity index (χ0n) is 18.1. The number of thioether (sulfide) groups is 1. The number of carbonyl (C=O) groups is 1. The van der Waals surface area contributed by atoms with E-state index in [4.69, 9.17) is 0 Å². The number of nitrogens with one attached hydrogen (secondary N) is 1. The summed E-state index contributed by atoms with van der Waals surface area (Å²) in [6.45, 7) is -3.11. The van der Waals surface area contributed by atoms with Gasteiger partial charge in [0.2, 0.25) is 5.91 Å². The van der Waals surface area contributed by atoms with Crippen LogP contribution in [0.4, 0.5) is 40.8 Å². The maximum absolute atomic E-state index is 13.7. The smallest absolute Gasteiger partial charge is 0.417 e. The Morgan fingerprint density at radius 1 is 1.03 bits per heavy atom. The summed E-state index contributed by atoms with van der Waals surface area (Å²) in [5.74, 6) is -1.69. The SMILES string of the molecule is N#Cc1c(C(F)(F)F)cc(-c2ccc(OC(F)F)cc2)nc1SCC(=O)Nc1cccc(C(F)(F)F)c1. The summed E-state index contributed by atoms with van der Waals surface area (Å²) >= 11 is 0.468. The van der Waals surface area contributed by atoms with Gasteiger partial charge < -0.3 is 10.1 Å². The van der Waals surface area contributed by atoms with E-state index in [1.807, 2.05) is 0 Å². The second-order valence-corrected chi connectivity index (χ2v) is 8.13. The van der Waals surface area contributed by atoms with Gasteiger partial charge in [-0.3, -0.25) is 4.79 Å². The number of alkyl halides is 8. The molecule has 2 aromatic carbocycles. The number of anilines is 1. The number of aromatic nitrogens is 1. The highest BCUT2D eigenvalue weighted by atomic mass is 32.2.